The normalized spacial score (nSPS) is 11.2. The lowest BCUT2D eigenvalue weighted by Crippen LogP contribution is -2.15. The zero-order valence-electron chi connectivity index (χ0n) is 10.9. The fourth-order valence-corrected chi connectivity index (χ4v) is 3.14. The van der Waals surface area contributed by atoms with Gasteiger partial charge in [0.15, 0.2) is 5.82 Å². The molecular formula is C12H12Cl2N4O2S. The van der Waals surface area contributed by atoms with Gasteiger partial charge in [0.05, 0.1) is 15.7 Å². The lowest BCUT2D eigenvalue weighted by atomic mass is 10.2. The van der Waals surface area contributed by atoms with Crippen molar-refractivity contribution in [3.63, 3.8) is 0 Å². The van der Waals surface area contributed by atoms with Gasteiger partial charge in [-0.05, 0) is 30.7 Å². The number of hydrazine groups is 1. The van der Waals surface area contributed by atoms with Crippen molar-refractivity contribution in [3.05, 3.63) is 46.1 Å². The molecule has 0 bridgehead atoms. The summed E-state index contributed by atoms with van der Waals surface area (Å²) in [7, 11) is -3.85. The molecule has 0 spiro atoms. The molecule has 9 heteroatoms. The minimum atomic E-state index is -3.85. The molecule has 0 saturated heterocycles. The number of nitrogens with one attached hydrogen (secondary N) is 2. The third kappa shape index (κ3) is 3.56. The minimum Gasteiger partial charge on any atom is -0.307 e. The van der Waals surface area contributed by atoms with Crippen LogP contribution in [-0.2, 0) is 10.0 Å². The first-order chi connectivity index (χ1) is 9.83. The molecular weight excluding hydrogens is 335 g/mol. The number of nitrogens with two attached hydrogens (primary N) is 1. The summed E-state index contributed by atoms with van der Waals surface area (Å²) in [5, 5.41) is 0.388. The number of halogens is 2. The molecule has 1 aromatic heterocycles. The topological polar surface area (TPSA) is 97.1 Å². The van der Waals surface area contributed by atoms with Gasteiger partial charge in [0.2, 0.25) is 0 Å². The highest BCUT2D eigenvalue weighted by Crippen LogP contribution is 2.27. The Kier molecular flexibility index (Phi) is 4.58. The highest BCUT2D eigenvalue weighted by Gasteiger charge is 2.18. The van der Waals surface area contributed by atoms with Crippen LogP contribution in [-0.4, -0.2) is 13.4 Å². The van der Waals surface area contributed by atoms with Crippen molar-refractivity contribution < 1.29 is 8.42 Å². The number of aromatic nitrogens is 1. The molecule has 0 unspecified atom stereocenters. The second-order valence-electron chi connectivity index (χ2n) is 4.23. The Morgan fingerprint density at radius 1 is 1.19 bits per heavy atom. The molecule has 0 fully saturated rings. The fraction of sp³-hybridized carbons (Fsp3) is 0.0833. The van der Waals surface area contributed by atoms with Crippen molar-refractivity contribution in [1.82, 2.24) is 4.98 Å². The number of anilines is 2. The molecule has 0 aliphatic heterocycles. The van der Waals surface area contributed by atoms with Gasteiger partial charge in [-0.1, -0.05) is 29.3 Å². The molecule has 21 heavy (non-hydrogen) atoms. The maximum atomic E-state index is 12.3. The molecule has 112 valence electrons. The van der Waals surface area contributed by atoms with E-state index in [1.807, 2.05) is 6.92 Å². The molecule has 1 heterocycles. The summed E-state index contributed by atoms with van der Waals surface area (Å²) in [6, 6.07) is 6.27. The minimum absolute atomic E-state index is 0.0933. The highest BCUT2D eigenvalue weighted by atomic mass is 35.5. The fourth-order valence-electron chi connectivity index (χ4n) is 1.59. The van der Waals surface area contributed by atoms with E-state index in [2.05, 4.69) is 15.1 Å². The number of hydrogen-bond donors (Lipinski definition) is 3. The lowest BCUT2D eigenvalue weighted by Gasteiger charge is -2.11. The van der Waals surface area contributed by atoms with Crippen LogP contribution in [0.1, 0.15) is 5.56 Å². The van der Waals surface area contributed by atoms with Crippen LogP contribution in [0.25, 0.3) is 0 Å². The van der Waals surface area contributed by atoms with Gasteiger partial charge < -0.3 is 5.43 Å². The molecule has 2 aromatic rings. The second kappa shape index (κ2) is 6.07. The van der Waals surface area contributed by atoms with E-state index in [0.717, 1.165) is 11.8 Å². The van der Waals surface area contributed by atoms with Gasteiger partial charge in [0.1, 0.15) is 4.90 Å². The van der Waals surface area contributed by atoms with Crippen molar-refractivity contribution >= 4 is 44.7 Å². The summed E-state index contributed by atoms with van der Waals surface area (Å²) in [5.74, 6) is 5.37. The van der Waals surface area contributed by atoms with Crippen LogP contribution in [0.2, 0.25) is 10.0 Å². The molecule has 0 atom stereocenters. The van der Waals surface area contributed by atoms with E-state index in [1.54, 1.807) is 18.2 Å². The van der Waals surface area contributed by atoms with Gasteiger partial charge in [0, 0.05) is 6.20 Å². The number of sulfonamides is 1. The van der Waals surface area contributed by atoms with E-state index in [9.17, 15) is 8.42 Å². The number of benzene rings is 1. The largest absolute Gasteiger partial charge is 0.307 e. The summed E-state index contributed by atoms with van der Waals surface area (Å²) in [4.78, 5) is 3.73. The molecule has 0 radical (unpaired) electrons. The summed E-state index contributed by atoms with van der Waals surface area (Å²) in [6.45, 7) is 1.83. The summed E-state index contributed by atoms with van der Waals surface area (Å²) < 4.78 is 27.0. The molecule has 4 N–H and O–H groups in total. The van der Waals surface area contributed by atoms with E-state index >= 15 is 0 Å². The van der Waals surface area contributed by atoms with Crippen LogP contribution in [0.4, 0.5) is 11.5 Å². The van der Waals surface area contributed by atoms with E-state index in [4.69, 9.17) is 29.0 Å². The Bertz CT molecular complexity index is 781. The van der Waals surface area contributed by atoms with Crippen molar-refractivity contribution in [3.8, 4) is 0 Å². The molecule has 2 rings (SSSR count). The number of hydrogen-bond acceptors (Lipinski definition) is 5. The molecule has 0 amide bonds. The van der Waals surface area contributed by atoms with E-state index in [1.165, 1.54) is 6.07 Å². The van der Waals surface area contributed by atoms with Crippen molar-refractivity contribution in [2.45, 2.75) is 11.8 Å². The average Bonchev–Trinajstić information content (AvgIpc) is 2.42. The average molecular weight is 347 g/mol. The predicted molar refractivity (Wildman–Crippen MR) is 84.1 cm³/mol. The lowest BCUT2D eigenvalue weighted by molar-refractivity contribution is 0.601. The van der Waals surface area contributed by atoms with E-state index < -0.39 is 10.0 Å². The number of aryl methyl sites for hydroxylation is 1. The summed E-state index contributed by atoms with van der Waals surface area (Å²) in [6.07, 6.45) is 1.15. The van der Waals surface area contributed by atoms with Crippen LogP contribution < -0.4 is 16.0 Å². The molecule has 0 saturated carbocycles. The van der Waals surface area contributed by atoms with Crippen molar-refractivity contribution in [2.24, 2.45) is 5.84 Å². The highest BCUT2D eigenvalue weighted by molar-refractivity contribution is 7.92. The number of rotatable bonds is 4. The Morgan fingerprint density at radius 3 is 2.52 bits per heavy atom. The van der Waals surface area contributed by atoms with Crippen molar-refractivity contribution in [1.29, 1.82) is 0 Å². The van der Waals surface area contributed by atoms with Gasteiger partial charge in [-0.3, -0.25) is 4.72 Å². The monoisotopic (exact) mass is 346 g/mol. The maximum Gasteiger partial charge on any atom is 0.263 e. The van der Waals surface area contributed by atoms with Crippen LogP contribution >= 0.6 is 23.2 Å². The smallest absolute Gasteiger partial charge is 0.263 e. The Morgan fingerprint density at radius 2 is 1.90 bits per heavy atom. The Labute approximate surface area is 132 Å². The first kappa shape index (κ1) is 15.8. The van der Waals surface area contributed by atoms with E-state index in [-0.39, 0.29) is 21.4 Å². The van der Waals surface area contributed by atoms with Crippen LogP contribution in [0.5, 0.6) is 0 Å². The zero-order chi connectivity index (χ0) is 15.6. The third-order valence-electron chi connectivity index (χ3n) is 2.63. The van der Waals surface area contributed by atoms with Crippen LogP contribution in [0.15, 0.2) is 35.4 Å². The SMILES string of the molecule is Cc1ccc(Cl)c(NS(=O)(=O)c2cnc(NN)c(Cl)c2)c1. The number of nitrogens with zero attached hydrogens (tertiary/aromatic N) is 1. The zero-order valence-corrected chi connectivity index (χ0v) is 13.2. The first-order valence-corrected chi connectivity index (χ1v) is 7.98. The van der Waals surface area contributed by atoms with Gasteiger partial charge in [-0.15, -0.1) is 0 Å². The third-order valence-corrected chi connectivity index (χ3v) is 4.58. The Balaban J connectivity index is 2.38. The first-order valence-electron chi connectivity index (χ1n) is 5.74. The van der Waals surface area contributed by atoms with Gasteiger partial charge in [-0.25, -0.2) is 19.2 Å². The van der Waals surface area contributed by atoms with E-state index in [0.29, 0.717) is 5.02 Å². The van der Waals surface area contributed by atoms with Gasteiger partial charge >= 0.3 is 0 Å². The second-order valence-corrected chi connectivity index (χ2v) is 6.73. The Hall–Kier alpha value is -1.54. The molecule has 1 aromatic carbocycles. The van der Waals surface area contributed by atoms with Crippen LogP contribution in [0, 0.1) is 6.92 Å². The summed E-state index contributed by atoms with van der Waals surface area (Å²) >= 11 is 11.8. The summed E-state index contributed by atoms with van der Waals surface area (Å²) in [5.41, 5.74) is 3.42. The quantitative estimate of drug-likeness (QED) is 0.584. The predicted octanol–water partition coefficient (Wildman–Crippen LogP) is 2.78. The van der Waals surface area contributed by atoms with Crippen molar-refractivity contribution in [2.75, 3.05) is 10.1 Å². The molecule has 6 nitrogen and oxygen atoms in total. The van der Waals surface area contributed by atoms with Crippen LogP contribution in [0.3, 0.4) is 0 Å². The molecule has 0 aliphatic carbocycles. The van der Waals surface area contributed by atoms with Gasteiger partial charge in [0.25, 0.3) is 10.0 Å². The number of nitrogen functional groups attached to an aromatic ring is 1. The van der Waals surface area contributed by atoms with Gasteiger partial charge in [-0.2, -0.15) is 0 Å². The maximum absolute atomic E-state index is 12.3. The number of pyridine rings is 1. The standard InChI is InChI=1S/C12H12Cl2N4O2S/c1-7-2-3-9(13)11(4-7)18-21(19,20)8-5-10(14)12(17-15)16-6-8/h2-6,18H,15H2,1H3,(H,16,17). The molecule has 0 aliphatic rings.